The molecule has 0 atom stereocenters. The van der Waals surface area contributed by atoms with Gasteiger partial charge in [-0.15, -0.1) is 0 Å². The molecule has 0 spiro atoms. The second-order valence-electron chi connectivity index (χ2n) is 14.7. The van der Waals surface area contributed by atoms with Crippen molar-refractivity contribution in [3.8, 4) is 22.6 Å². The Bertz CT molecular complexity index is 1260. The van der Waals surface area contributed by atoms with Crippen LogP contribution in [-0.2, 0) is 29.3 Å². The molecule has 0 heterocycles. The van der Waals surface area contributed by atoms with E-state index in [4.69, 9.17) is 19.9 Å². The Labute approximate surface area is 322 Å². The third kappa shape index (κ3) is 16.1. The van der Waals surface area contributed by atoms with Crippen LogP contribution >= 0.6 is 17.5 Å². The van der Waals surface area contributed by atoms with Crippen LogP contribution < -0.4 is 20.5 Å². The van der Waals surface area contributed by atoms with Gasteiger partial charge in [0.05, 0.1) is 23.4 Å². The van der Waals surface area contributed by atoms with Gasteiger partial charge in [-0.3, -0.25) is 0 Å². The van der Waals surface area contributed by atoms with E-state index in [9.17, 15) is 0 Å². The fraction of sp³-hybridized carbons (Fsp3) is 0.581. The van der Waals surface area contributed by atoms with Gasteiger partial charge in [0.2, 0.25) is 0 Å². The van der Waals surface area contributed by atoms with Crippen LogP contribution in [0.1, 0.15) is 118 Å². The van der Waals surface area contributed by atoms with Crippen molar-refractivity contribution >= 4 is 22.8 Å². The first-order valence-corrected chi connectivity index (χ1v) is 22.2. The first-order valence-electron chi connectivity index (χ1n) is 18.7. The SMILES string of the molecule is CC(C)Oc1cccc(OC(C)C)c1-c1ccccc1P(C1CCCCC1)C1CCCCC1.COC(C)(C)C.NCCc1[c-]cccc1.[Cl][Pd+]. The molecule has 4 nitrogen and oxygen atoms in total. The van der Waals surface area contributed by atoms with Crippen molar-refractivity contribution in [2.45, 2.75) is 148 Å². The zero-order chi connectivity index (χ0) is 36.9. The molecule has 2 N–H and O–H groups in total. The summed E-state index contributed by atoms with van der Waals surface area (Å²) in [4.78, 5) is 0. The van der Waals surface area contributed by atoms with Crippen LogP contribution in [0, 0.1) is 6.07 Å². The first-order chi connectivity index (χ1) is 24.0. The summed E-state index contributed by atoms with van der Waals surface area (Å²) >= 11 is 2.22. The molecule has 0 aromatic heterocycles. The predicted octanol–water partition coefficient (Wildman–Crippen LogP) is 11.8. The van der Waals surface area contributed by atoms with Crippen molar-refractivity contribution in [2.75, 3.05) is 13.7 Å². The minimum absolute atomic E-state index is 0.0417. The van der Waals surface area contributed by atoms with Crippen LogP contribution in [0.5, 0.6) is 11.5 Å². The van der Waals surface area contributed by atoms with Gasteiger partial charge >= 0.3 is 27.7 Å². The summed E-state index contributed by atoms with van der Waals surface area (Å²) < 4.78 is 17.7. The normalized spacial score (nSPS) is 15.3. The molecule has 2 aliphatic rings. The summed E-state index contributed by atoms with van der Waals surface area (Å²) in [7, 11) is 5.98. The van der Waals surface area contributed by atoms with Crippen LogP contribution in [0.4, 0.5) is 0 Å². The van der Waals surface area contributed by atoms with Gasteiger partial charge in [-0.25, -0.2) is 0 Å². The van der Waals surface area contributed by atoms with Gasteiger partial charge in [0, 0.05) is 7.11 Å². The number of benzene rings is 3. The Morgan fingerprint density at radius 2 is 1.24 bits per heavy atom. The zero-order valence-electron chi connectivity index (χ0n) is 32.1. The zero-order valence-corrected chi connectivity index (χ0v) is 35.3. The molecule has 3 aromatic carbocycles. The Morgan fingerprint density at radius 3 is 1.66 bits per heavy atom. The van der Waals surface area contributed by atoms with Crippen LogP contribution in [0.25, 0.3) is 11.1 Å². The standard InChI is InChI=1S/C30H43O2P.C8H10N.C5H12O.ClH.Pd/c1-22(2)31-27-19-13-20-28(32-23(3)4)30(27)26-18-11-12-21-29(26)33(24-14-7-5-8-15-24)25-16-9-6-10-17-25;9-7-6-8-4-2-1-3-5-8;1-5(2,3)6-4;;/h11-13,18-25H,5-10,14-17H2,1-4H3;1-4H,6-7,9H2;1-4H3;1H;/q;-1;;;+2/p-1. The first kappa shape index (κ1) is 44.7. The Balaban J connectivity index is 0.000000420. The number of nitrogens with two attached hydrogens (primary N) is 1. The molecule has 0 bridgehead atoms. The molecule has 7 heteroatoms. The number of methoxy groups -OCH3 is 1. The fourth-order valence-electron chi connectivity index (χ4n) is 6.54. The average Bonchev–Trinajstić information content (AvgIpc) is 3.11. The molecule has 2 saturated carbocycles. The van der Waals surface area contributed by atoms with E-state index < -0.39 is 0 Å². The topological polar surface area (TPSA) is 53.7 Å². The maximum atomic E-state index is 6.37. The van der Waals surface area contributed by atoms with Gasteiger partial charge < -0.3 is 19.9 Å². The fourth-order valence-corrected chi connectivity index (χ4v) is 10.5. The number of rotatable bonds is 10. The second kappa shape index (κ2) is 24.7. The van der Waals surface area contributed by atoms with Crippen molar-refractivity contribution in [1.29, 1.82) is 0 Å². The molecule has 0 saturated heterocycles. The Kier molecular flexibility index (Phi) is 22.1. The number of hydrogen-bond donors (Lipinski definition) is 1. The average molecular weight is 817 g/mol. The minimum atomic E-state index is -0.213. The van der Waals surface area contributed by atoms with E-state index in [1.807, 2.05) is 45.0 Å². The Morgan fingerprint density at radius 1 is 0.760 bits per heavy atom. The summed E-state index contributed by atoms with van der Waals surface area (Å²) in [5, 5.41) is 1.60. The molecule has 0 radical (unpaired) electrons. The Hall–Kier alpha value is -1.44. The molecule has 2 fully saturated rings. The second-order valence-corrected chi connectivity index (χ2v) is 17.5. The van der Waals surface area contributed by atoms with Crippen molar-refractivity contribution in [1.82, 2.24) is 0 Å². The van der Waals surface area contributed by atoms with Gasteiger partial charge in [-0.05, 0) is 121 Å². The van der Waals surface area contributed by atoms with Gasteiger partial charge in [-0.2, -0.15) is 35.9 Å². The van der Waals surface area contributed by atoms with Crippen LogP contribution in [0.15, 0.2) is 66.7 Å². The van der Waals surface area contributed by atoms with Crippen LogP contribution in [-0.4, -0.2) is 42.8 Å². The molecule has 2 aliphatic carbocycles. The molecule has 0 unspecified atom stereocenters. The van der Waals surface area contributed by atoms with Crippen molar-refractivity contribution in [3.63, 3.8) is 0 Å². The third-order valence-corrected chi connectivity index (χ3v) is 12.5. The summed E-state index contributed by atoms with van der Waals surface area (Å²) in [6.07, 6.45) is 15.3. The quantitative estimate of drug-likeness (QED) is 0.126. The summed E-state index contributed by atoms with van der Waals surface area (Å²) in [6.45, 7) is 15.2. The van der Waals surface area contributed by atoms with Gasteiger partial charge in [0.15, 0.2) is 0 Å². The summed E-state index contributed by atoms with van der Waals surface area (Å²) in [6, 6.07) is 26.6. The van der Waals surface area contributed by atoms with Crippen LogP contribution in [0.2, 0.25) is 0 Å². The predicted molar refractivity (Wildman–Crippen MR) is 214 cm³/mol. The summed E-state index contributed by atoms with van der Waals surface area (Å²) in [5.41, 5.74) is 10.8. The molecule has 50 heavy (non-hydrogen) atoms. The van der Waals surface area contributed by atoms with Gasteiger partial charge in [-0.1, -0.05) is 76.8 Å². The monoisotopic (exact) mass is 815 g/mol. The third-order valence-electron chi connectivity index (χ3n) is 8.90. The molecule has 5 rings (SSSR count). The van der Waals surface area contributed by atoms with E-state index in [2.05, 4.69) is 104 Å². The van der Waals surface area contributed by atoms with E-state index in [1.165, 1.54) is 75.3 Å². The van der Waals surface area contributed by atoms with E-state index in [1.54, 1.807) is 12.4 Å². The van der Waals surface area contributed by atoms with Gasteiger partial charge in [0.1, 0.15) is 11.5 Å². The molecule has 3 aromatic rings. The van der Waals surface area contributed by atoms with Crippen molar-refractivity contribution in [2.24, 2.45) is 5.73 Å². The van der Waals surface area contributed by atoms with E-state index >= 15 is 0 Å². The van der Waals surface area contributed by atoms with Crippen LogP contribution in [0.3, 0.4) is 0 Å². The summed E-state index contributed by atoms with van der Waals surface area (Å²) in [5.74, 6) is 1.91. The molecular formula is C43H65ClNO3PPd. The number of halogens is 1. The molecule has 0 amide bonds. The van der Waals surface area contributed by atoms with Gasteiger partial charge in [0.25, 0.3) is 0 Å². The molecule has 282 valence electrons. The number of hydrogen-bond acceptors (Lipinski definition) is 4. The molecule has 0 aliphatic heterocycles. The van der Waals surface area contributed by atoms with Crippen molar-refractivity contribution in [3.05, 3.63) is 78.4 Å². The van der Waals surface area contributed by atoms with Crippen molar-refractivity contribution < 1.29 is 32.4 Å². The van der Waals surface area contributed by atoms with E-state index in [0.29, 0.717) is 6.54 Å². The molecular weight excluding hydrogens is 751 g/mol. The van der Waals surface area contributed by atoms with E-state index in [0.717, 1.165) is 34.8 Å². The number of ether oxygens (including phenoxy) is 3. The maximum absolute atomic E-state index is 6.37. The van der Waals surface area contributed by atoms with E-state index in [-0.39, 0.29) is 25.7 Å².